The van der Waals surface area contributed by atoms with E-state index < -0.39 is 5.91 Å². The van der Waals surface area contributed by atoms with Gasteiger partial charge in [-0.3, -0.25) is 9.59 Å². The van der Waals surface area contributed by atoms with Crippen molar-refractivity contribution in [1.82, 2.24) is 5.32 Å². The molecular weight excluding hydrogens is 270 g/mol. The van der Waals surface area contributed by atoms with Crippen LogP contribution in [-0.2, 0) is 4.79 Å². The van der Waals surface area contributed by atoms with Crippen molar-refractivity contribution in [2.24, 2.45) is 11.5 Å². The number of carbonyl (C=O) groups excluding carboxylic acids is 2. The van der Waals surface area contributed by atoms with Crippen molar-refractivity contribution in [1.29, 1.82) is 0 Å². The molecule has 1 aromatic rings. The van der Waals surface area contributed by atoms with E-state index in [4.69, 9.17) is 16.2 Å². The first-order valence-corrected chi connectivity index (χ1v) is 7.09. The maximum absolute atomic E-state index is 12.1. The molecule has 2 amide bonds. The quantitative estimate of drug-likeness (QED) is 0.625. The summed E-state index contributed by atoms with van der Waals surface area (Å²) < 4.78 is 5.13. The summed E-state index contributed by atoms with van der Waals surface area (Å²) in [4.78, 5) is 22.7. The number of rotatable bonds is 9. The van der Waals surface area contributed by atoms with Crippen LogP contribution in [0.5, 0.6) is 5.75 Å². The van der Waals surface area contributed by atoms with E-state index in [1.165, 1.54) is 0 Å². The summed E-state index contributed by atoms with van der Waals surface area (Å²) in [5, 5.41) is 2.91. The molecule has 6 nitrogen and oxygen atoms in total. The fraction of sp³-hybridized carbons (Fsp3) is 0.467. The van der Waals surface area contributed by atoms with E-state index in [1.54, 1.807) is 24.3 Å². The highest BCUT2D eigenvalue weighted by molar-refractivity contribution is 5.94. The molecule has 0 heterocycles. The van der Waals surface area contributed by atoms with Crippen LogP contribution in [0.4, 0.5) is 0 Å². The smallest absolute Gasteiger partial charge is 0.255 e. The fourth-order valence-corrected chi connectivity index (χ4v) is 1.83. The molecule has 0 fully saturated rings. The zero-order valence-corrected chi connectivity index (χ0v) is 12.3. The van der Waals surface area contributed by atoms with Crippen molar-refractivity contribution < 1.29 is 14.3 Å². The van der Waals surface area contributed by atoms with Gasteiger partial charge in [-0.1, -0.05) is 19.8 Å². The summed E-state index contributed by atoms with van der Waals surface area (Å²) in [5.74, 6) is -0.215. The predicted octanol–water partition coefficient (Wildman–Crippen LogP) is 0.798. The van der Waals surface area contributed by atoms with Gasteiger partial charge in [0, 0.05) is 18.2 Å². The molecule has 1 unspecified atom stereocenters. The van der Waals surface area contributed by atoms with Crippen molar-refractivity contribution in [3.05, 3.63) is 29.8 Å². The molecule has 0 bridgehead atoms. The second kappa shape index (κ2) is 8.97. The Bertz CT molecular complexity index is 460. The van der Waals surface area contributed by atoms with Crippen molar-refractivity contribution in [2.75, 3.05) is 13.2 Å². The number of hydrogen-bond acceptors (Lipinski definition) is 4. The Kier molecular flexibility index (Phi) is 7.25. The fourth-order valence-electron chi connectivity index (χ4n) is 1.83. The zero-order chi connectivity index (χ0) is 15.7. The number of nitrogens with one attached hydrogen (secondary N) is 1. The molecule has 0 spiro atoms. The van der Waals surface area contributed by atoms with Gasteiger partial charge in [0.1, 0.15) is 5.75 Å². The van der Waals surface area contributed by atoms with E-state index in [0.717, 1.165) is 19.3 Å². The number of amides is 2. The van der Waals surface area contributed by atoms with Gasteiger partial charge in [-0.25, -0.2) is 0 Å². The van der Waals surface area contributed by atoms with Gasteiger partial charge >= 0.3 is 0 Å². The van der Waals surface area contributed by atoms with Crippen molar-refractivity contribution in [3.8, 4) is 5.75 Å². The highest BCUT2D eigenvalue weighted by Crippen LogP contribution is 2.12. The van der Waals surface area contributed by atoms with Crippen LogP contribution in [0.15, 0.2) is 24.3 Å². The van der Waals surface area contributed by atoms with Crippen molar-refractivity contribution in [3.63, 3.8) is 0 Å². The highest BCUT2D eigenvalue weighted by atomic mass is 16.5. The number of carbonyl (C=O) groups is 2. The van der Waals surface area contributed by atoms with Crippen LogP contribution in [0, 0.1) is 0 Å². The first-order valence-electron chi connectivity index (χ1n) is 7.09. The second-order valence-corrected chi connectivity index (χ2v) is 4.83. The Labute approximate surface area is 124 Å². The Morgan fingerprint density at radius 3 is 2.48 bits per heavy atom. The lowest BCUT2D eigenvalue weighted by atomic mass is 10.1. The summed E-state index contributed by atoms with van der Waals surface area (Å²) in [5.41, 5.74) is 11.2. The summed E-state index contributed by atoms with van der Waals surface area (Å²) >= 11 is 0. The monoisotopic (exact) mass is 293 g/mol. The Hall–Kier alpha value is -2.08. The summed E-state index contributed by atoms with van der Waals surface area (Å²) in [7, 11) is 0. The summed E-state index contributed by atoms with van der Waals surface area (Å²) in [6.45, 7) is 2.34. The van der Waals surface area contributed by atoms with E-state index in [2.05, 4.69) is 12.2 Å². The topological polar surface area (TPSA) is 107 Å². The lowest BCUT2D eigenvalue weighted by Crippen LogP contribution is -2.40. The van der Waals surface area contributed by atoms with Gasteiger partial charge in [0.2, 0.25) is 0 Å². The molecular formula is C15H23N3O3. The molecule has 0 aliphatic carbocycles. The Morgan fingerprint density at radius 2 is 1.95 bits per heavy atom. The third-order valence-corrected chi connectivity index (χ3v) is 3.02. The van der Waals surface area contributed by atoms with Crippen LogP contribution < -0.4 is 21.5 Å². The second-order valence-electron chi connectivity index (χ2n) is 4.83. The minimum absolute atomic E-state index is 0.0109. The van der Waals surface area contributed by atoms with E-state index in [0.29, 0.717) is 17.9 Å². The molecule has 116 valence electrons. The first-order chi connectivity index (χ1) is 10.1. The van der Waals surface area contributed by atoms with Crippen LogP contribution in [-0.4, -0.2) is 31.0 Å². The van der Waals surface area contributed by atoms with E-state index >= 15 is 0 Å². The molecule has 1 aromatic carbocycles. The zero-order valence-electron chi connectivity index (χ0n) is 12.3. The molecule has 21 heavy (non-hydrogen) atoms. The average molecular weight is 293 g/mol. The highest BCUT2D eigenvalue weighted by Gasteiger charge is 2.12. The number of unbranched alkanes of at least 4 members (excludes halogenated alkanes) is 1. The minimum atomic E-state index is -0.543. The van der Waals surface area contributed by atoms with Crippen LogP contribution in [0.3, 0.4) is 0 Å². The van der Waals surface area contributed by atoms with Crippen LogP contribution in [0.2, 0.25) is 0 Å². The molecule has 0 aliphatic rings. The molecule has 6 heteroatoms. The van der Waals surface area contributed by atoms with Crippen LogP contribution in [0.1, 0.15) is 36.5 Å². The van der Waals surface area contributed by atoms with Crippen molar-refractivity contribution in [2.45, 2.75) is 32.2 Å². The van der Waals surface area contributed by atoms with E-state index in [9.17, 15) is 9.59 Å². The predicted molar refractivity (Wildman–Crippen MR) is 81.0 cm³/mol. The summed E-state index contributed by atoms with van der Waals surface area (Å²) in [6, 6.07) is 6.52. The largest absolute Gasteiger partial charge is 0.484 e. The molecule has 0 aromatic heterocycles. The number of nitrogens with two attached hydrogens (primary N) is 2. The minimum Gasteiger partial charge on any atom is -0.484 e. The number of primary amides is 1. The molecule has 0 saturated carbocycles. The summed E-state index contributed by atoms with van der Waals surface area (Å²) in [6.07, 6.45) is 2.97. The number of benzene rings is 1. The van der Waals surface area contributed by atoms with Crippen molar-refractivity contribution >= 4 is 11.8 Å². The Morgan fingerprint density at radius 1 is 1.29 bits per heavy atom. The van der Waals surface area contributed by atoms with Gasteiger partial charge in [0.25, 0.3) is 11.8 Å². The first kappa shape index (κ1) is 17.0. The molecule has 1 rings (SSSR count). The third kappa shape index (κ3) is 6.27. The van der Waals surface area contributed by atoms with Gasteiger partial charge in [0.15, 0.2) is 6.61 Å². The Balaban J connectivity index is 2.55. The SMILES string of the molecule is CCCCC(CN)NC(=O)c1ccc(OCC(N)=O)cc1. The van der Waals surface area contributed by atoms with Gasteiger partial charge in [-0.15, -0.1) is 0 Å². The average Bonchev–Trinajstić information content (AvgIpc) is 2.49. The van der Waals surface area contributed by atoms with E-state index in [-0.39, 0.29) is 18.6 Å². The normalized spacial score (nSPS) is 11.7. The van der Waals surface area contributed by atoms with Crippen LogP contribution >= 0.6 is 0 Å². The molecule has 1 atom stereocenters. The van der Waals surface area contributed by atoms with Gasteiger partial charge in [-0.2, -0.15) is 0 Å². The van der Waals surface area contributed by atoms with Crippen LogP contribution in [0.25, 0.3) is 0 Å². The molecule has 0 radical (unpaired) electrons. The molecule has 5 N–H and O–H groups in total. The molecule has 0 aliphatic heterocycles. The lowest BCUT2D eigenvalue weighted by Gasteiger charge is -2.16. The maximum atomic E-state index is 12.1. The maximum Gasteiger partial charge on any atom is 0.255 e. The standard InChI is InChI=1S/C15H23N3O3/c1-2-3-4-12(9-16)18-15(20)11-5-7-13(8-6-11)21-10-14(17)19/h5-8,12H,2-4,9-10,16H2,1H3,(H2,17,19)(H,18,20). The van der Waals surface area contributed by atoms with Gasteiger partial charge in [0.05, 0.1) is 0 Å². The van der Waals surface area contributed by atoms with Gasteiger partial charge in [-0.05, 0) is 30.7 Å². The van der Waals surface area contributed by atoms with Gasteiger partial charge < -0.3 is 21.5 Å². The molecule has 0 saturated heterocycles. The number of hydrogen-bond donors (Lipinski definition) is 3. The number of ether oxygens (including phenoxy) is 1. The lowest BCUT2D eigenvalue weighted by molar-refractivity contribution is -0.119. The van der Waals surface area contributed by atoms with E-state index in [1.807, 2.05) is 0 Å². The third-order valence-electron chi connectivity index (χ3n) is 3.02.